The number of nitrogens with one attached hydrogen (secondary N) is 2. The number of nitrogens with zero attached hydrogens (tertiary/aromatic N) is 2. The van der Waals surface area contributed by atoms with Crippen molar-refractivity contribution in [2.75, 3.05) is 10.6 Å². The van der Waals surface area contributed by atoms with Crippen LogP contribution in [0.4, 0.5) is 11.6 Å². The summed E-state index contributed by atoms with van der Waals surface area (Å²) in [6, 6.07) is 15.6. The molecule has 3 aromatic rings. The molecule has 2 aromatic carbocycles. The Bertz CT molecular complexity index is 881. The predicted octanol–water partition coefficient (Wildman–Crippen LogP) is 4.41. The summed E-state index contributed by atoms with van der Waals surface area (Å²) in [4.78, 5) is 20.7. The molecule has 0 radical (unpaired) electrons. The highest BCUT2D eigenvalue weighted by Crippen LogP contribution is 2.21. The molecule has 0 saturated carbocycles. The highest BCUT2D eigenvalue weighted by molar-refractivity contribution is 9.10. The normalized spacial score (nSPS) is 10.3. The predicted molar refractivity (Wildman–Crippen MR) is 103 cm³/mol. The second-order valence-electron chi connectivity index (χ2n) is 5.51. The first-order chi connectivity index (χ1) is 12.1. The molecule has 0 bridgehead atoms. The average molecular weight is 397 g/mol. The number of aryl methyl sites for hydroxylation is 1. The lowest BCUT2D eigenvalue weighted by Gasteiger charge is -2.09. The quantitative estimate of drug-likeness (QED) is 0.669. The van der Waals surface area contributed by atoms with E-state index < -0.39 is 0 Å². The fourth-order valence-corrected chi connectivity index (χ4v) is 2.66. The molecule has 0 unspecified atom stereocenters. The molecule has 5 nitrogen and oxygen atoms in total. The number of anilines is 2. The van der Waals surface area contributed by atoms with Crippen LogP contribution in [0.15, 0.2) is 65.4 Å². The fourth-order valence-electron chi connectivity index (χ4n) is 2.28. The van der Waals surface area contributed by atoms with Crippen molar-refractivity contribution < 1.29 is 4.79 Å². The lowest BCUT2D eigenvalue weighted by molar-refractivity contribution is 0.102. The minimum Gasteiger partial charge on any atom is -0.350 e. The first-order valence-corrected chi connectivity index (χ1v) is 8.59. The third-order valence-electron chi connectivity index (χ3n) is 3.73. The Kier molecular flexibility index (Phi) is 5.40. The van der Waals surface area contributed by atoms with Gasteiger partial charge in [-0.15, -0.1) is 0 Å². The number of aromatic nitrogens is 2. The van der Waals surface area contributed by atoms with Gasteiger partial charge in [0.1, 0.15) is 0 Å². The van der Waals surface area contributed by atoms with Crippen LogP contribution in [0.2, 0.25) is 0 Å². The zero-order valence-electron chi connectivity index (χ0n) is 13.7. The molecule has 126 valence electrons. The number of benzene rings is 2. The molecule has 2 N–H and O–H groups in total. The van der Waals surface area contributed by atoms with Gasteiger partial charge in [0, 0.05) is 23.4 Å². The first-order valence-electron chi connectivity index (χ1n) is 7.80. The Morgan fingerprint density at radius 1 is 1.04 bits per heavy atom. The zero-order valence-corrected chi connectivity index (χ0v) is 15.2. The molecular formula is C19H17BrN4O. The molecule has 1 aromatic heterocycles. The van der Waals surface area contributed by atoms with E-state index in [-0.39, 0.29) is 5.91 Å². The maximum absolute atomic E-state index is 12.3. The van der Waals surface area contributed by atoms with E-state index in [9.17, 15) is 4.79 Å². The van der Waals surface area contributed by atoms with Gasteiger partial charge in [-0.3, -0.25) is 4.79 Å². The van der Waals surface area contributed by atoms with Gasteiger partial charge in [-0.05, 0) is 46.1 Å². The Balaban J connectivity index is 1.63. The number of carbonyl (C=O) groups excluding carboxylic acids is 1. The third kappa shape index (κ3) is 4.42. The van der Waals surface area contributed by atoms with Gasteiger partial charge in [-0.2, -0.15) is 0 Å². The first kappa shape index (κ1) is 17.1. The lowest BCUT2D eigenvalue weighted by Crippen LogP contribution is -2.14. The molecule has 1 amide bonds. The lowest BCUT2D eigenvalue weighted by atomic mass is 10.1. The van der Waals surface area contributed by atoms with Gasteiger partial charge in [0.15, 0.2) is 0 Å². The van der Waals surface area contributed by atoms with E-state index in [1.54, 1.807) is 0 Å². The zero-order chi connectivity index (χ0) is 17.6. The van der Waals surface area contributed by atoms with Gasteiger partial charge >= 0.3 is 0 Å². The van der Waals surface area contributed by atoms with E-state index in [1.165, 1.54) is 23.5 Å². The number of rotatable bonds is 5. The van der Waals surface area contributed by atoms with Gasteiger partial charge in [0.2, 0.25) is 5.95 Å². The Labute approximate surface area is 154 Å². The van der Waals surface area contributed by atoms with Crippen molar-refractivity contribution in [3.05, 3.63) is 82.1 Å². The topological polar surface area (TPSA) is 66.9 Å². The van der Waals surface area contributed by atoms with Crippen LogP contribution in [0.25, 0.3) is 0 Å². The number of hydrogen-bond acceptors (Lipinski definition) is 4. The summed E-state index contributed by atoms with van der Waals surface area (Å²) in [6.45, 7) is 2.70. The minimum absolute atomic E-state index is 0.252. The van der Waals surface area contributed by atoms with E-state index in [0.29, 0.717) is 23.7 Å². The van der Waals surface area contributed by atoms with Crippen LogP contribution in [0.5, 0.6) is 0 Å². The Hall–Kier alpha value is -2.73. The molecule has 3 rings (SSSR count). The number of amides is 1. The molecule has 0 aliphatic carbocycles. The van der Waals surface area contributed by atoms with Crippen molar-refractivity contribution >= 4 is 33.5 Å². The number of halogens is 1. The number of carbonyl (C=O) groups is 1. The van der Waals surface area contributed by atoms with Crippen LogP contribution >= 0.6 is 15.9 Å². The van der Waals surface area contributed by atoms with Crippen molar-refractivity contribution in [2.24, 2.45) is 0 Å². The minimum atomic E-state index is -0.252. The maximum Gasteiger partial charge on any atom is 0.258 e. The molecular weight excluding hydrogens is 380 g/mol. The summed E-state index contributed by atoms with van der Waals surface area (Å²) < 4.78 is 0.820. The van der Waals surface area contributed by atoms with Crippen molar-refractivity contribution in [3.8, 4) is 0 Å². The summed E-state index contributed by atoms with van der Waals surface area (Å²) in [7, 11) is 0. The second kappa shape index (κ2) is 7.90. The van der Waals surface area contributed by atoms with Crippen LogP contribution in [0, 0.1) is 6.92 Å². The molecule has 25 heavy (non-hydrogen) atoms. The van der Waals surface area contributed by atoms with Crippen molar-refractivity contribution in [1.82, 2.24) is 9.97 Å². The Morgan fingerprint density at radius 3 is 2.44 bits per heavy atom. The second-order valence-corrected chi connectivity index (χ2v) is 6.36. The van der Waals surface area contributed by atoms with E-state index >= 15 is 0 Å². The number of para-hydroxylation sites is 1. The van der Waals surface area contributed by atoms with E-state index in [0.717, 1.165) is 4.47 Å². The van der Waals surface area contributed by atoms with Gasteiger partial charge < -0.3 is 10.6 Å². The fraction of sp³-hybridized carbons (Fsp3) is 0.105. The van der Waals surface area contributed by atoms with Gasteiger partial charge in [0.25, 0.3) is 5.91 Å². The highest BCUT2D eigenvalue weighted by Gasteiger charge is 2.09. The molecule has 0 fully saturated rings. The molecule has 0 spiro atoms. The standard InChI is InChI=1S/C19H17BrN4O/c1-13-6-2-3-7-14(13)10-21-19-22-11-15(12-23-19)18(25)24-17-9-5-4-8-16(17)20/h2-9,11-12H,10H2,1H3,(H,24,25)(H,21,22,23). The van der Waals surface area contributed by atoms with Gasteiger partial charge in [-0.1, -0.05) is 36.4 Å². The summed E-state index contributed by atoms with van der Waals surface area (Å²) in [5.41, 5.74) is 3.49. The smallest absolute Gasteiger partial charge is 0.258 e. The molecule has 0 aliphatic heterocycles. The van der Waals surface area contributed by atoms with Crippen LogP contribution in [-0.2, 0) is 6.54 Å². The van der Waals surface area contributed by atoms with Crippen LogP contribution < -0.4 is 10.6 Å². The van der Waals surface area contributed by atoms with Crippen LogP contribution in [-0.4, -0.2) is 15.9 Å². The summed E-state index contributed by atoms with van der Waals surface area (Å²) in [5.74, 6) is 0.234. The maximum atomic E-state index is 12.3. The molecule has 0 atom stereocenters. The molecule has 6 heteroatoms. The van der Waals surface area contributed by atoms with E-state index in [2.05, 4.69) is 55.6 Å². The van der Waals surface area contributed by atoms with E-state index in [4.69, 9.17) is 0 Å². The molecule has 1 heterocycles. The van der Waals surface area contributed by atoms with Crippen molar-refractivity contribution in [2.45, 2.75) is 13.5 Å². The van der Waals surface area contributed by atoms with Gasteiger partial charge in [0.05, 0.1) is 11.3 Å². The monoisotopic (exact) mass is 396 g/mol. The molecule has 0 saturated heterocycles. The van der Waals surface area contributed by atoms with E-state index in [1.807, 2.05) is 36.4 Å². The van der Waals surface area contributed by atoms with Crippen molar-refractivity contribution in [1.29, 1.82) is 0 Å². The van der Waals surface area contributed by atoms with Gasteiger partial charge in [-0.25, -0.2) is 9.97 Å². The third-order valence-corrected chi connectivity index (χ3v) is 4.43. The largest absolute Gasteiger partial charge is 0.350 e. The van der Waals surface area contributed by atoms with Crippen LogP contribution in [0.3, 0.4) is 0 Å². The number of hydrogen-bond donors (Lipinski definition) is 2. The summed E-state index contributed by atoms with van der Waals surface area (Å²) in [6.07, 6.45) is 3.03. The summed E-state index contributed by atoms with van der Waals surface area (Å²) >= 11 is 3.40. The van der Waals surface area contributed by atoms with Crippen molar-refractivity contribution in [3.63, 3.8) is 0 Å². The van der Waals surface area contributed by atoms with Crippen LogP contribution in [0.1, 0.15) is 21.5 Å². The highest BCUT2D eigenvalue weighted by atomic mass is 79.9. The summed E-state index contributed by atoms with van der Waals surface area (Å²) in [5, 5.41) is 5.99. The Morgan fingerprint density at radius 2 is 1.72 bits per heavy atom. The average Bonchev–Trinajstić information content (AvgIpc) is 2.63. The SMILES string of the molecule is Cc1ccccc1CNc1ncc(C(=O)Nc2ccccc2Br)cn1. The molecule has 0 aliphatic rings.